The predicted molar refractivity (Wildman–Crippen MR) is 51.4 cm³/mol. The number of hydrogen-bond donors (Lipinski definition) is 1. The lowest BCUT2D eigenvalue weighted by molar-refractivity contribution is -0.142. The van der Waals surface area contributed by atoms with Gasteiger partial charge >= 0.3 is 11.9 Å². The summed E-state index contributed by atoms with van der Waals surface area (Å²) in [5.74, 6) is -2.92. The Bertz CT molecular complexity index is 288. The second-order valence-electron chi connectivity index (χ2n) is 2.37. The van der Waals surface area contributed by atoms with E-state index in [-0.39, 0.29) is 5.57 Å². The quantitative estimate of drug-likeness (QED) is 0.313. The van der Waals surface area contributed by atoms with Crippen LogP contribution < -0.4 is 0 Å². The Morgan fingerprint density at radius 3 is 2.29 bits per heavy atom. The molecular weight excluding hydrogens is 184 g/mol. The zero-order valence-corrected chi connectivity index (χ0v) is 7.90. The van der Waals surface area contributed by atoms with Crippen LogP contribution in [0.4, 0.5) is 0 Å². The van der Waals surface area contributed by atoms with Crippen LogP contribution in [0.5, 0.6) is 0 Å². The molecule has 0 aromatic heterocycles. The van der Waals surface area contributed by atoms with Crippen LogP contribution in [0.15, 0.2) is 37.1 Å². The number of allylic oxidation sites excluding steroid dienone is 1. The molecule has 0 aromatic rings. The third-order valence-corrected chi connectivity index (χ3v) is 1.57. The summed E-state index contributed by atoms with van der Waals surface area (Å²) >= 11 is 0. The predicted octanol–water partition coefficient (Wildman–Crippen LogP) is 1.51. The summed E-state index contributed by atoms with van der Waals surface area (Å²) in [6.07, 6.45) is 3.50. The first-order valence-corrected chi connectivity index (χ1v) is 3.91. The van der Waals surface area contributed by atoms with Gasteiger partial charge in [0.25, 0.3) is 0 Å². The second-order valence-corrected chi connectivity index (χ2v) is 2.37. The zero-order valence-electron chi connectivity index (χ0n) is 7.90. The number of carboxylic acids is 1. The molecule has 0 radical (unpaired) electrons. The smallest absolute Gasteiger partial charge is 0.339 e. The molecular formula is C10H12O4. The van der Waals surface area contributed by atoms with E-state index in [4.69, 9.17) is 5.11 Å². The Balaban J connectivity index is 4.87. The topological polar surface area (TPSA) is 63.6 Å². The van der Waals surface area contributed by atoms with E-state index >= 15 is 0 Å². The Morgan fingerprint density at radius 1 is 1.43 bits per heavy atom. The molecule has 0 aliphatic heterocycles. The van der Waals surface area contributed by atoms with E-state index in [1.54, 1.807) is 6.92 Å². The lowest BCUT2D eigenvalue weighted by Crippen LogP contribution is -2.20. The third kappa shape index (κ3) is 2.90. The van der Waals surface area contributed by atoms with Gasteiger partial charge in [-0.2, -0.15) is 0 Å². The lowest BCUT2D eigenvalue weighted by atomic mass is 9.99. The molecule has 0 spiro atoms. The molecule has 0 aliphatic carbocycles. The number of aliphatic carboxylic acids is 1. The molecule has 1 N–H and O–H groups in total. The highest BCUT2D eigenvalue weighted by Gasteiger charge is 2.24. The Kier molecular flexibility index (Phi) is 4.99. The van der Waals surface area contributed by atoms with Crippen molar-refractivity contribution >= 4 is 11.9 Å². The molecule has 0 aromatic carbocycles. The molecule has 0 rings (SSSR count). The minimum absolute atomic E-state index is 0.0346. The van der Waals surface area contributed by atoms with Gasteiger partial charge in [-0.1, -0.05) is 18.7 Å². The highest BCUT2D eigenvalue weighted by atomic mass is 16.5. The fourth-order valence-electron chi connectivity index (χ4n) is 0.929. The minimum atomic E-state index is -1.14. The number of hydrogen-bond acceptors (Lipinski definition) is 3. The highest BCUT2D eigenvalue weighted by Crippen LogP contribution is 2.14. The van der Waals surface area contributed by atoms with Gasteiger partial charge in [-0.05, 0) is 6.92 Å². The van der Waals surface area contributed by atoms with Gasteiger partial charge in [0.15, 0.2) is 0 Å². The fraction of sp³-hybridized carbons (Fsp3) is 0.200. The number of ether oxygens (including phenoxy) is 1. The number of carbonyl (C=O) groups is 2. The highest BCUT2D eigenvalue weighted by molar-refractivity contribution is 5.96. The molecule has 1 atom stereocenters. The normalized spacial score (nSPS) is 12.8. The van der Waals surface area contributed by atoms with E-state index in [0.29, 0.717) is 0 Å². The van der Waals surface area contributed by atoms with Gasteiger partial charge in [0.1, 0.15) is 5.92 Å². The van der Waals surface area contributed by atoms with Gasteiger partial charge in [-0.25, -0.2) is 4.79 Å². The monoisotopic (exact) mass is 196 g/mol. The first kappa shape index (κ1) is 12.2. The van der Waals surface area contributed by atoms with Crippen LogP contribution >= 0.6 is 0 Å². The summed E-state index contributed by atoms with van der Waals surface area (Å²) in [4.78, 5) is 21.9. The van der Waals surface area contributed by atoms with Crippen molar-refractivity contribution < 1.29 is 19.4 Å². The van der Waals surface area contributed by atoms with Gasteiger partial charge in [0, 0.05) is 0 Å². The van der Waals surface area contributed by atoms with Crippen LogP contribution in [0.2, 0.25) is 0 Å². The van der Waals surface area contributed by atoms with Crippen LogP contribution in [-0.4, -0.2) is 17.0 Å². The summed E-state index contributed by atoms with van der Waals surface area (Å²) in [5, 5.41) is 8.75. The minimum Gasteiger partial charge on any atom is -0.481 e. The van der Waals surface area contributed by atoms with Crippen molar-refractivity contribution in [3.8, 4) is 0 Å². The second kappa shape index (κ2) is 5.75. The van der Waals surface area contributed by atoms with E-state index in [9.17, 15) is 9.59 Å². The molecule has 1 unspecified atom stereocenters. The molecule has 0 saturated heterocycles. The SMILES string of the molecule is C=COC(=O)C(=CC)C(C=C)C(=O)O. The van der Waals surface area contributed by atoms with E-state index in [0.717, 1.165) is 6.26 Å². The van der Waals surface area contributed by atoms with E-state index in [2.05, 4.69) is 17.9 Å². The van der Waals surface area contributed by atoms with Gasteiger partial charge in [0.2, 0.25) is 0 Å². The first-order valence-electron chi connectivity index (χ1n) is 3.91. The zero-order chi connectivity index (χ0) is 11.1. The van der Waals surface area contributed by atoms with E-state index in [1.165, 1.54) is 12.2 Å². The number of esters is 1. The molecule has 76 valence electrons. The van der Waals surface area contributed by atoms with Crippen molar-refractivity contribution in [3.63, 3.8) is 0 Å². The van der Waals surface area contributed by atoms with Crippen LogP contribution in [0.3, 0.4) is 0 Å². The Hall–Kier alpha value is -1.84. The van der Waals surface area contributed by atoms with E-state index < -0.39 is 17.9 Å². The molecule has 0 bridgehead atoms. The van der Waals surface area contributed by atoms with Crippen LogP contribution in [0.1, 0.15) is 6.92 Å². The molecule has 4 nitrogen and oxygen atoms in total. The average Bonchev–Trinajstić information content (AvgIpc) is 2.13. The first-order chi connectivity index (χ1) is 6.58. The van der Waals surface area contributed by atoms with Gasteiger partial charge in [0.05, 0.1) is 11.8 Å². The summed E-state index contributed by atoms with van der Waals surface area (Å²) in [6.45, 7) is 8.10. The Labute approximate surface area is 82.2 Å². The lowest BCUT2D eigenvalue weighted by Gasteiger charge is -2.09. The largest absolute Gasteiger partial charge is 0.481 e. The van der Waals surface area contributed by atoms with Crippen molar-refractivity contribution in [1.29, 1.82) is 0 Å². The van der Waals surface area contributed by atoms with Crippen molar-refractivity contribution in [2.75, 3.05) is 0 Å². The van der Waals surface area contributed by atoms with Crippen molar-refractivity contribution in [1.82, 2.24) is 0 Å². The molecule has 0 heterocycles. The summed E-state index contributed by atoms with van der Waals surface area (Å²) < 4.78 is 4.47. The summed E-state index contributed by atoms with van der Waals surface area (Å²) in [7, 11) is 0. The summed E-state index contributed by atoms with van der Waals surface area (Å²) in [5.41, 5.74) is 0.0346. The fourth-order valence-corrected chi connectivity index (χ4v) is 0.929. The summed E-state index contributed by atoms with van der Waals surface area (Å²) in [6, 6.07) is 0. The molecule has 0 saturated carbocycles. The number of rotatable bonds is 5. The maximum atomic E-state index is 11.2. The van der Waals surface area contributed by atoms with Crippen LogP contribution in [0, 0.1) is 5.92 Å². The van der Waals surface area contributed by atoms with Crippen LogP contribution in [0.25, 0.3) is 0 Å². The molecule has 4 heteroatoms. The van der Waals surface area contributed by atoms with Crippen molar-refractivity contribution in [2.24, 2.45) is 5.92 Å². The van der Waals surface area contributed by atoms with Gasteiger partial charge in [-0.3, -0.25) is 4.79 Å². The van der Waals surface area contributed by atoms with Crippen LogP contribution in [-0.2, 0) is 14.3 Å². The Morgan fingerprint density at radius 2 is 2.00 bits per heavy atom. The van der Waals surface area contributed by atoms with Crippen molar-refractivity contribution in [2.45, 2.75) is 6.92 Å². The number of carboxylic acid groups (broad SMARTS) is 1. The molecule has 0 aliphatic rings. The molecule has 0 amide bonds. The van der Waals surface area contributed by atoms with Crippen molar-refractivity contribution in [3.05, 3.63) is 37.1 Å². The maximum Gasteiger partial charge on any atom is 0.339 e. The van der Waals surface area contributed by atoms with E-state index in [1.807, 2.05) is 0 Å². The standard InChI is InChI=1S/C10H12O4/c1-4-7(9(11)12)8(5-2)10(13)14-6-3/h4-7H,1,3H2,2H3,(H,11,12). The average molecular weight is 196 g/mol. The van der Waals surface area contributed by atoms with Gasteiger partial charge < -0.3 is 9.84 Å². The van der Waals surface area contributed by atoms with Gasteiger partial charge in [-0.15, -0.1) is 6.58 Å². The molecule has 14 heavy (non-hydrogen) atoms. The third-order valence-electron chi connectivity index (χ3n) is 1.57. The maximum absolute atomic E-state index is 11.2. The molecule has 0 fully saturated rings. The number of carbonyl (C=O) groups excluding carboxylic acids is 1.